The fraction of sp³-hybridized carbons (Fsp3) is 0.750. The topological polar surface area (TPSA) is 29.3 Å². The second-order valence-electron chi connectivity index (χ2n) is 2.38. The zero-order chi connectivity index (χ0) is 7.82. The quantitative estimate of drug-likeness (QED) is 0.631. The highest BCUT2D eigenvalue weighted by atomic mass is 15.1. The average molecular weight is 142 g/mol. The zero-order valence-electron chi connectivity index (χ0n) is 7.01. The Kier molecular flexibility index (Phi) is 6.03. The third kappa shape index (κ3) is 4.24. The molecule has 0 saturated heterocycles. The molecule has 0 spiro atoms. The Hall–Kier alpha value is -0.660. The van der Waals surface area contributed by atoms with E-state index in [1.165, 1.54) is 12.8 Å². The lowest BCUT2D eigenvalue weighted by molar-refractivity contribution is 0.375. The molecule has 0 aromatic rings. The SMILES string of the molecule is CCCN(/C=C/N)CCC. The summed E-state index contributed by atoms with van der Waals surface area (Å²) in [5, 5.41) is 0. The van der Waals surface area contributed by atoms with Crippen LogP contribution in [0.5, 0.6) is 0 Å². The van der Waals surface area contributed by atoms with Crippen molar-refractivity contribution in [1.82, 2.24) is 4.90 Å². The Bertz CT molecular complexity index is 83.3. The molecule has 0 saturated carbocycles. The molecule has 0 rings (SSSR count). The van der Waals surface area contributed by atoms with Gasteiger partial charge in [-0.3, -0.25) is 0 Å². The molecule has 0 aliphatic heterocycles. The van der Waals surface area contributed by atoms with Crippen LogP contribution in [-0.4, -0.2) is 18.0 Å². The van der Waals surface area contributed by atoms with Crippen molar-refractivity contribution < 1.29 is 0 Å². The number of hydrogen-bond donors (Lipinski definition) is 1. The van der Waals surface area contributed by atoms with Crippen LogP contribution in [-0.2, 0) is 0 Å². The summed E-state index contributed by atoms with van der Waals surface area (Å²) < 4.78 is 0. The highest BCUT2D eigenvalue weighted by molar-refractivity contribution is 4.76. The zero-order valence-corrected chi connectivity index (χ0v) is 7.01. The molecular formula is C8H18N2. The summed E-state index contributed by atoms with van der Waals surface area (Å²) in [6.07, 6.45) is 5.92. The van der Waals surface area contributed by atoms with E-state index in [1.807, 2.05) is 6.20 Å². The molecule has 0 aromatic heterocycles. The summed E-state index contributed by atoms with van der Waals surface area (Å²) >= 11 is 0. The van der Waals surface area contributed by atoms with Crippen LogP contribution in [0.4, 0.5) is 0 Å². The first-order valence-corrected chi connectivity index (χ1v) is 3.97. The maximum atomic E-state index is 5.27. The molecule has 10 heavy (non-hydrogen) atoms. The van der Waals surface area contributed by atoms with Gasteiger partial charge in [-0.2, -0.15) is 0 Å². The minimum Gasteiger partial charge on any atom is -0.403 e. The first kappa shape index (κ1) is 9.34. The first-order chi connectivity index (χ1) is 4.85. The van der Waals surface area contributed by atoms with Crippen LogP contribution < -0.4 is 5.73 Å². The Balaban J connectivity index is 3.50. The Morgan fingerprint density at radius 1 is 1.20 bits per heavy atom. The van der Waals surface area contributed by atoms with Crippen LogP contribution >= 0.6 is 0 Å². The second kappa shape index (κ2) is 6.46. The van der Waals surface area contributed by atoms with Crippen molar-refractivity contribution in [3.05, 3.63) is 12.4 Å². The lowest BCUT2D eigenvalue weighted by atomic mass is 10.4. The molecule has 60 valence electrons. The molecule has 0 amide bonds. The van der Waals surface area contributed by atoms with E-state index >= 15 is 0 Å². The predicted molar refractivity (Wildman–Crippen MR) is 45.5 cm³/mol. The third-order valence-corrected chi connectivity index (χ3v) is 1.32. The van der Waals surface area contributed by atoms with Crippen LogP contribution in [0.2, 0.25) is 0 Å². The minimum atomic E-state index is 1.11. The molecule has 2 N–H and O–H groups in total. The molecule has 0 atom stereocenters. The van der Waals surface area contributed by atoms with E-state index in [4.69, 9.17) is 5.73 Å². The van der Waals surface area contributed by atoms with Crippen LogP contribution in [0.15, 0.2) is 12.4 Å². The van der Waals surface area contributed by atoms with E-state index in [0.717, 1.165) is 13.1 Å². The Labute approximate surface area is 63.7 Å². The van der Waals surface area contributed by atoms with E-state index < -0.39 is 0 Å². The van der Waals surface area contributed by atoms with Crippen LogP contribution in [0, 0.1) is 0 Å². The molecule has 0 aliphatic rings. The summed E-state index contributed by atoms with van der Waals surface area (Å²) in [5.41, 5.74) is 5.27. The van der Waals surface area contributed by atoms with Crippen molar-refractivity contribution in [2.75, 3.05) is 13.1 Å². The normalized spacial score (nSPS) is 10.6. The van der Waals surface area contributed by atoms with Gasteiger partial charge in [-0.15, -0.1) is 0 Å². The van der Waals surface area contributed by atoms with Gasteiger partial charge in [0.2, 0.25) is 0 Å². The number of nitrogens with zero attached hydrogens (tertiary/aromatic N) is 1. The van der Waals surface area contributed by atoms with E-state index in [2.05, 4.69) is 18.7 Å². The van der Waals surface area contributed by atoms with E-state index in [-0.39, 0.29) is 0 Å². The van der Waals surface area contributed by atoms with Crippen LogP contribution in [0.25, 0.3) is 0 Å². The van der Waals surface area contributed by atoms with E-state index in [1.54, 1.807) is 6.20 Å². The molecule has 0 aliphatic carbocycles. The van der Waals surface area contributed by atoms with Gasteiger partial charge >= 0.3 is 0 Å². The molecule has 0 bridgehead atoms. The molecule has 0 fully saturated rings. The molecular weight excluding hydrogens is 124 g/mol. The molecule has 0 heterocycles. The van der Waals surface area contributed by atoms with Gasteiger partial charge in [0.25, 0.3) is 0 Å². The van der Waals surface area contributed by atoms with Crippen molar-refractivity contribution >= 4 is 0 Å². The fourth-order valence-electron chi connectivity index (χ4n) is 0.957. The van der Waals surface area contributed by atoms with Crippen LogP contribution in [0.3, 0.4) is 0 Å². The highest BCUT2D eigenvalue weighted by Crippen LogP contribution is 1.93. The van der Waals surface area contributed by atoms with Gasteiger partial charge in [0.1, 0.15) is 0 Å². The van der Waals surface area contributed by atoms with Crippen molar-refractivity contribution in [2.24, 2.45) is 5.73 Å². The predicted octanol–water partition coefficient (Wildman–Crippen LogP) is 1.54. The van der Waals surface area contributed by atoms with Crippen molar-refractivity contribution in [3.8, 4) is 0 Å². The first-order valence-electron chi connectivity index (χ1n) is 3.97. The highest BCUT2D eigenvalue weighted by Gasteiger charge is 1.92. The van der Waals surface area contributed by atoms with Crippen molar-refractivity contribution in [1.29, 1.82) is 0 Å². The van der Waals surface area contributed by atoms with Gasteiger partial charge in [-0.05, 0) is 12.8 Å². The van der Waals surface area contributed by atoms with Gasteiger partial charge in [0, 0.05) is 25.5 Å². The number of rotatable bonds is 5. The van der Waals surface area contributed by atoms with Crippen molar-refractivity contribution in [3.63, 3.8) is 0 Å². The van der Waals surface area contributed by atoms with E-state index in [0.29, 0.717) is 0 Å². The molecule has 2 nitrogen and oxygen atoms in total. The van der Waals surface area contributed by atoms with Gasteiger partial charge in [-0.1, -0.05) is 13.8 Å². The number of hydrogen-bond acceptors (Lipinski definition) is 2. The largest absolute Gasteiger partial charge is 0.403 e. The summed E-state index contributed by atoms with van der Waals surface area (Å²) in [6.45, 7) is 6.57. The van der Waals surface area contributed by atoms with E-state index in [9.17, 15) is 0 Å². The summed E-state index contributed by atoms with van der Waals surface area (Å²) in [4.78, 5) is 2.24. The lowest BCUT2D eigenvalue weighted by Gasteiger charge is -2.17. The van der Waals surface area contributed by atoms with Crippen molar-refractivity contribution in [2.45, 2.75) is 26.7 Å². The lowest BCUT2D eigenvalue weighted by Crippen LogP contribution is -2.19. The summed E-state index contributed by atoms with van der Waals surface area (Å²) in [5.74, 6) is 0. The monoisotopic (exact) mass is 142 g/mol. The van der Waals surface area contributed by atoms with Gasteiger partial charge in [0.05, 0.1) is 0 Å². The fourth-order valence-corrected chi connectivity index (χ4v) is 0.957. The molecule has 2 heteroatoms. The Morgan fingerprint density at radius 3 is 2.00 bits per heavy atom. The van der Waals surface area contributed by atoms with Gasteiger partial charge < -0.3 is 10.6 Å². The number of nitrogens with two attached hydrogens (primary N) is 1. The third-order valence-electron chi connectivity index (χ3n) is 1.32. The minimum absolute atomic E-state index is 1.11. The van der Waals surface area contributed by atoms with Gasteiger partial charge in [0.15, 0.2) is 0 Å². The van der Waals surface area contributed by atoms with Gasteiger partial charge in [-0.25, -0.2) is 0 Å². The average Bonchev–Trinajstić information content (AvgIpc) is 1.90. The Morgan fingerprint density at radius 2 is 1.70 bits per heavy atom. The summed E-state index contributed by atoms with van der Waals surface area (Å²) in [6, 6.07) is 0. The second-order valence-corrected chi connectivity index (χ2v) is 2.38. The smallest absolute Gasteiger partial charge is 0.0170 e. The maximum absolute atomic E-state index is 5.27. The molecule has 0 aromatic carbocycles. The molecule has 0 radical (unpaired) electrons. The molecule has 0 unspecified atom stereocenters. The van der Waals surface area contributed by atoms with Crippen LogP contribution in [0.1, 0.15) is 26.7 Å². The maximum Gasteiger partial charge on any atom is 0.0170 e. The summed E-state index contributed by atoms with van der Waals surface area (Å²) in [7, 11) is 0. The standard InChI is InChI=1S/C8H18N2/c1-3-6-10(7-4-2)8-5-9/h5,8H,3-4,6-7,9H2,1-2H3/b8-5+.